The zero-order chi connectivity index (χ0) is 9.10. The summed E-state index contributed by atoms with van der Waals surface area (Å²) in [5, 5.41) is 6.89. The van der Waals surface area contributed by atoms with Crippen LogP contribution in [0.5, 0.6) is 0 Å². The lowest BCUT2D eigenvalue weighted by molar-refractivity contribution is 0.348. The average Bonchev–Trinajstić information content (AvgIpc) is 2.67. The molecule has 78 valence electrons. The van der Waals surface area contributed by atoms with Crippen LogP contribution in [0.2, 0.25) is 0 Å². The summed E-state index contributed by atoms with van der Waals surface area (Å²) in [6, 6.07) is 0. The number of halogens is 1. The fourth-order valence-corrected chi connectivity index (χ4v) is 1.25. The molecule has 2 heterocycles. The molecule has 1 aromatic heterocycles. The topological polar surface area (TPSA) is 63.3 Å². The van der Waals surface area contributed by atoms with Gasteiger partial charge in [0.25, 0.3) is 0 Å². The van der Waals surface area contributed by atoms with E-state index >= 15 is 0 Å². The zero-order valence-corrected chi connectivity index (χ0v) is 8.75. The van der Waals surface area contributed by atoms with Gasteiger partial charge >= 0.3 is 0 Å². The molecule has 0 radical (unpaired) electrons. The van der Waals surface area contributed by atoms with Gasteiger partial charge < -0.3 is 9.84 Å². The second-order valence-electron chi connectivity index (χ2n) is 3.00. The van der Waals surface area contributed by atoms with Gasteiger partial charge in [0.2, 0.25) is 5.89 Å². The van der Waals surface area contributed by atoms with Crippen molar-refractivity contribution in [2.24, 2.45) is 4.99 Å². The fourth-order valence-electron chi connectivity index (χ4n) is 1.25. The number of nitrogens with one attached hydrogen (secondary N) is 1. The summed E-state index contributed by atoms with van der Waals surface area (Å²) in [6.45, 7) is 3.57. The molecule has 0 aromatic carbocycles. The maximum atomic E-state index is 5.12. The van der Waals surface area contributed by atoms with Crippen LogP contribution < -0.4 is 5.32 Å². The quantitative estimate of drug-likeness (QED) is 0.793. The second-order valence-corrected chi connectivity index (χ2v) is 3.00. The summed E-state index contributed by atoms with van der Waals surface area (Å²) < 4.78 is 5.12. The van der Waals surface area contributed by atoms with Crippen molar-refractivity contribution in [3.63, 3.8) is 0 Å². The predicted octanol–water partition coefficient (Wildman–Crippen LogP) is 0.769. The molecule has 1 unspecified atom stereocenters. The first-order valence-electron chi connectivity index (χ1n) is 4.44. The van der Waals surface area contributed by atoms with Crippen molar-refractivity contribution in [2.45, 2.75) is 19.3 Å². The minimum absolute atomic E-state index is 0. The van der Waals surface area contributed by atoms with Gasteiger partial charge in [0.1, 0.15) is 0 Å². The standard InChI is InChI=1S/C8H12N4O.ClH/c1-2-7-11-8(13-12-7)6-3-9-5-10-4-6;/h5-6H,2-4H2,1H3,(H,9,10);1H. The van der Waals surface area contributed by atoms with Crippen LogP contribution in [0.1, 0.15) is 24.6 Å². The largest absolute Gasteiger partial charge is 0.376 e. The number of nitrogens with zero attached hydrogens (tertiary/aromatic N) is 3. The van der Waals surface area contributed by atoms with E-state index in [9.17, 15) is 0 Å². The van der Waals surface area contributed by atoms with Gasteiger partial charge in [-0.25, -0.2) is 0 Å². The lowest BCUT2D eigenvalue weighted by Gasteiger charge is -2.13. The first-order chi connectivity index (χ1) is 6.40. The molecule has 0 bridgehead atoms. The number of aromatic nitrogens is 2. The Hall–Kier alpha value is -1.10. The molecule has 1 aliphatic rings. The van der Waals surface area contributed by atoms with Crippen molar-refractivity contribution in [1.82, 2.24) is 15.5 Å². The highest BCUT2D eigenvalue weighted by Gasteiger charge is 2.19. The van der Waals surface area contributed by atoms with E-state index in [1.807, 2.05) is 6.92 Å². The average molecular weight is 217 g/mol. The molecule has 5 nitrogen and oxygen atoms in total. The van der Waals surface area contributed by atoms with E-state index in [0.717, 1.165) is 25.3 Å². The molecule has 1 aromatic rings. The third-order valence-electron chi connectivity index (χ3n) is 2.02. The van der Waals surface area contributed by atoms with Gasteiger partial charge in [0.15, 0.2) is 5.82 Å². The van der Waals surface area contributed by atoms with E-state index in [1.165, 1.54) is 0 Å². The molecule has 2 rings (SSSR count). The highest BCUT2D eigenvalue weighted by atomic mass is 35.5. The molecule has 0 spiro atoms. The van der Waals surface area contributed by atoms with Gasteiger partial charge in [-0.3, -0.25) is 4.99 Å². The minimum atomic E-state index is 0. The number of hydrogen-bond acceptors (Lipinski definition) is 5. The summed E-state index contributed by atoms with van der Waals surface area (Å²) in [5.41, 5.74) is 0. The highest BCUT2D eigenvalue weighted by molar-refractivity contribution is 5.85. The highest BCUT2D eigenvalue weighted by Crippen LogP contribution is 2.14. The van der Waals surface area contributed by atoms with Gasteiger partial charge in [0, 0.05) is 13.0 Å². The molecule has 0 saturated carbocycles. The van der Waals surface area contributed by atoms with Gasteiger partial charge in [0.05, 0.1) is 18.8 Å². The van der Waals surface area contributed by atoms with E-state index in [0.29, 0.717) is 5.89 Å². The lowest BCUT2D eigenvalue weighted by Crippen LogP contribution is -2.27. The predicted molar refractivity (Wildman–Crippen MR) is 55.0 cm³/mol. The Bertz CT molecular complexity index is 312. The number of hydrogen-bond donors (Lipinski definition) is 1. The molecule has 0 saturated heterocycles. The Labute approximate surface area is 88.4 Å². The van der Waals surface area contributed by atoms with Crippen molar-refractivity contribution in [1.29, 1.82) is 0 Å². The van der Waals surface area contributed by atoms with Crippen LogP contribution in [0.4, 0.5) is 0 Å². The Kier molecular flexibility index (Phi) is 3.88. The van der Waals surface area contributed by atoms with E-state index in [4.69, 9.17) is 4.52 Å². The molecule has 0 amide bonds. The second kappa shape index (κ2) is 4.95. The molecular weight excluding hydrogens is 204 g/mol. The van der Waals surface area contributed by atoms with E-state index < -0.39 is 0 Å². The third kappa shape index (κ3) is 2.23. The first kappa shape index (κ1) is 11.0. The van der Waals surface area contributed by atoms with Crippen LogP contribution >= 0.6 is 12.4 Å². The molecule has 6 heteroatoms. The van der Waals surface area contributed by atoms with Crippen LogP contribution in [0.15, 0.2) is 9.52 Å². The Morgan fingerprint density at radius 3 is 3.07 bits per heavy atom. The van der Waals surface area contributed by atoms with E-state index in [2.05, 4.69) is 20.4 Å². The van der Waals surface area contributed by atoms with Crippen LogP contribution in [0, 0.1) is 0 Å². The molecular formula is C8H13ClN4O. The number of rotatable bonds is 2. The molecule has 0 fully saturated rings. The van der Waals surface area contributed by atoms with Crippen molar-refractivity contribution in [3.05, 3.63) is 11.7 Å². The van der Waals surface area contributed by atoms with Crippen LogP contribution in [-0.4, -0.2) is 29.6 Å². The summed E-state index contributed by atoms with van der Waals surface area (Å²) in [7, 11) is 0. The van der Waals surface area contributed by atoms with E-state index in [1.54, 1.807) is 6.34 Å². The summed E-state index contributed by atoms with van der Waals surface area (Å²) in [5.74, 6) is 1.70. The minimum Gasteiger partial charge on any atom is -0.376 e. The first-order valence-corrected chi connectivity index (χ1v) is 4.44. The van der Waals surface area contributed by atoms with E-state index in [-0.39, 0.29) is 18.3 Å². The maximum Gasteiger partial charge on any atom is 0.233 e. The summed E-state index contributed by atoms with van der Waals surface area (Å²) in [6.07, 6.45) is 2.53. The number of aliphatic imine (C=N–C) groups is 1. The monoisotopic (exact) mass is 216 g/mol. The molecule has 1 aliphatic heterocycles. The Morgan fingerprint density at radius 2 is 2.50 bits per heavy atom. The lowest BCUT2D eigenvalue weighted by atomic mass is 10.1. The summed E-state index contributed by atoms with van der Waals surface area (Å²) in [4.78, 5) is 8.37. The van der Waals surface area contributed by atoms with Gasteiger partial charge in [-0.15, -0.1) is 12.4 Å². The molecule has 1 N–H and O–H groups in total. The van der Waals surface area contributed by atoms with Crippen molar-refractivity contribution >= 4 is 18.7 Å². The summed E-state index contributed by atoms with van der Waals surface area (Å²) >= 11 is 0. The van der Waals surface area contributed by atoms with Gasteiger partial charge in [-0.1, -0.05) is 12.1 Å². The molecule has 1 atom stereocenters. The van der Waals surface area contributed by atoms with Crippen LogP contribution in [0.3, 0.4) is 0 Å². The van der Waals surface area contributed by atoms with Crippen molar-refractivity contribution < 1.29 is 4.52 Å². The van der Waals surface area contributed by atoms with Gasteiger partial charge in [-0.05, 0) is 0 Å². The number of aryl methyl sites for hydroxylation is 1. The van der Waals surface area contributed by atoms with Gasteiger partial charge in [-0.2, -0.15) is 4.98 Å². The van der Waals surface area contributed by atoms with Crippen LogP contribution in [0.25, 0.3) is 0 Å². The zero-order valence-electron chi connectivity index (χ0n) is 7.93. The SMILES string of the molecule is CCc1noc(C2CN=CNC2)n1.Cl. The van der Waals surface area contributed by atoms with Crippen molar-refractivity contribution in [2.75, 3.05) is 13.1 Å². The maximum absolute atomic E-state index is 5.12. The molecule has 0 aliphatic carbocycles. The smallest absolute Gasteiger partial charge is 0.233 e. The molecule has 14 heavy (non-hydrogen) atoms. The Morgan fingerprint density at radius 1 is 1.64 bits per heavy atom. The third-order valence-corrected chi connectivity index (χ3v) is 2.02. The Balaban J connectivity index is 0.000000980. The fraction of sp³-hybridized carbons (Fsp3) is 0.625. The van der Waals surface area contributed by atoms with Crippen LogP contribution in [-0.2, 0) is 6.42 Å². The normalized spacial score (nSPS) is 19.9. The van der Waals surface area contributed by atoms with Crippen molar-refractivity contribution in [3.8, 4) is 0 Å².